The summed E-state index contributed by atoms with van der Waals surface area (Å²) in [5.74, 6) is 0.449. The van der Waals surface area contributed by atoms with E-state index in [1.807, 2.05) is 18.2 Å². The summed E-state index contributed by atoms with van der Waals surface area (Å²) >= 11 is 0. The largest absolute Gasteiger partial charge is 0.512 e. The molecule has 146 valence electrons. The number of pyridine rings is 1. The van der Waals surface area contributed by atoms with E-state index in [2.05, 4.69) is 71.2 Å². The number of aliphatic hydroxyl groups is 1. The molecule has 1 atom stereocenters. The maximum Gasteiger partial charge on any atom is 0.130 e. The van der Waals surface area contributed by atoms with Crippen LogP contribution >= 0.6 is 0 Å². The van der Waals surface area contributed by atoms with Gasteiger partial charge in [-0.2, -0.15) is 0 Å². The highest BCUT2D eigenvalue weighted by atomic mass is 16.3. The van der Waals surface area contributed by atoms with Gasteiger partial charge in [0.2, 0.25) is 0 Å². The van der Waals surface area contributed by atoms with E-state index in [1.54, 1.807) is 6.08 Å². The number of benzene rings is 2. The summed E-state index contributed by atoms with van der Waals surface area (Å²) in [6.45, 7) is 0. The molecule has 0 bridgehead atoms. The molecule has 0 saturated heterocycles. The Labute approximate surface area is 175 Å². The monoisotopic (exact) mass is 391 g/mol. The van der Waals surface area contributed by atoms with Gasteiger partial charge in [0.15, 0.2) is 0 Å². The van der Waals surface area contributed by atoms with Crippen LogP contribution in [-0.2, 0) is 0 Å². The van der Waals surface area contributed by atoms with E-state index in [1.165, 1.54) is 22.1 Å². The molecular weight excluding hydrogens is 370 g/mol. The number of nitrogens with zero attached hydrogens (tertiary/aromatic N) is 2. The predicted molar refractivity (Wildman–Crippen MR) is 120 cm³/mol. The fourth-order valence-electron chi connectivity index (χ4n) is 4.55. The van der Waals surface area contributed by atoms with Crippen LogP contribution in [0.25, 0.3) is 28.2 Å². The molecule has 0 spiro atoms. The number of hydrogen-bond donors (Lipinski definition) is 2. The fraction of sp³-hybridized carbons (Fsp3) is 0.115. The number of allylic oxidation sites excluding steroid dienone is 4. The minimum atomic E-state index is 0.0239. The Bertz CT molecular complexity index is 1280. The van der Waals surface area contributed by atoms with Crippen LogP contribution in [-0.4, -0.2) is 15.0 Å². The summed E-state index contributed by atoms with van der Waals surface area (Å²) < 4.78 is 0. The third kappa shape index (κ3) is 2.65. The Morgan fingerprint density at radius 2 is 1.80 bits per heavy atom. The van der Waals surface area contributed by atoms with E-state index in [9.17, 15) is 5.11 Å². The molecule has 2 aliphatic heterocycles. The first kappa shape index (κ1) is 17.1. The molecule has 0 amide bonds. The standard InChI is InChI=1S/C26H21N3O/c30-19-12-10-17(11-13-19)23-16-29-15-14-21-24(26(29)28-23)20-8-4-5-9-22(20)27-25(21)18-6-2-1-3-7-18/h1-10,12,14-16,26,28,30H,11,13H2. The van der Waals surface area contributed by atoms with Gasteiger partial charge in [-0.3, -0.25) is 0 Å². The molecule has 0 saturated carbocycles. The SMILES string of the molecule is OC1=CC=C(C2=CN3C=Cc4c(-c5ccccc5)nc5ccccc5c4C3N2)CC1. The van der Waals surface area contributed by atoms with E-state index in [0.717, 1.165) is 28.9 Å². The van der Waals surface area contributed by atoms with Crippen molar-refractivity contribution in [2.75, 3.05) is 0 Å². The van der Waals surface area contributed by atoms with Crippen LogP contribution < -0.4 is 5.32 Å². The topological polar surface area (TPSA) is 48.4 Å². The Morgan fingerprint density at radius 3 is 2.63 bits per heavy atom. The second-order valence-corrected chi connectivity index (χ2v) is 7.87. The van der Waals surface area contributed by atoms with Crippen LogP contribution in [0.5, 0.6) is 0 Å². The molecule has 4 heteroatoms. The average Bonchev–Trinajstić information content (AvgIpc) is 3.24. The van der Waals surface area contributed by atoms with E-state index < -0.39 is 0 Å². The van der Waals surface area contributed by atoms with Crippen LogP contribution in [0, 0.1) is 0 Å². The molecule has 2 N–H and O–H groups in total. The highest BCUT2D eigenvalue weighted by molar-refractivity contribution is 5.92. The Morgan fingerprint density at radius 1 is 0.967 bits per heavy atom. The Hall–Kier alpha value is -3.79. The smallest absolute Gasteiger partial charge is 0.130 e. The minimum Gasteiger partial charge on any atom is -0.512 e. The molecule has 3 heterocycles. The summed E-state index contributed by atoms with van der Waals surface area (Å²) in [4.78, 5) is 7.26. The molecule has 4 nitrogen and oxygen atoms in total. The zero-order valence-corrected chi connectivity index (χ0v) is 16.4. The van der Waals surface area contributed by atoms with E-state index >= 15 is 0 Å². The maximum atomic E-state index is 9.71. The first-order chi connectivity index (χ1) is 14.8. The van der Waals surface area contributed by atoms with Gasteiger partial charge in [0.25, 0.3) is 0 Å². The van der Waals surface area contributed by atoms with Crippen LogP contribution in [0.3, 0.4) is 0 Å². The van der Waals surface area contributed by atoms with Crippen molar-refractivity contribution in [1.82, 2.24) is 15.2 Å². The van der Waals surface area contributed by atoms with E-state index in [-0.39, 0.29) is 6.17 Å². The maximum absolute atomic E-state index is 9.71. The van der Waals surface area contributed by atoms with Crippen molar-refractivity contribution in [2.24, 2.45) is 0 Å². The lowest BCUT2D eigenvalue weighted by molar-refractivity contribution is 0.372. The predicted octanol–water partition coefficient (Wildman–Crippen LogP) is 5.79. The van der Waals surface area contributed by atoms with Gasteiger partial charge in [-0.05, 0) is 30.2 Å². The van der Waals surface area contributed by atoms with Crippen molar-refractivity contribution in [3.05, 3.63) is 107 Å². The minimum absolute atomic E-state index is 0.0239. The van der Waals surface area contributed by atoms with Crippen molar-refractivity contribution in [3.63, 3.8) is 0 Å². The van der Waals surface area contributed by atoms with Gasteiger partial charge in [0.05, 0.1) is 22.7 Å². The molecule has 1 aromatic heterocycles. The van der Waals surface area contributed by atoms with Crippen molar-refractivity contribution in [2.45, 2.75) is 19.0 Å². The van der Waals surface area contributed by atoms with Crippen molar-refractivity contribution in [1.29, 1.82) is 0 Å². The van der Waals surface area contributed by atoms with Crippen LogP contribution in [0.4, 0.5) is 0 Å². The van der Waals surface area contributed by atoms with Crippen molar-refractivity contribution >= 4 is 17.0 Å². The first-order valence-corrected chi connectivity index (χ1v) is 10.3. The summed E-state index contributed by atoms with van der Waals surface area (Å²) in [6.07, 6.45) is 11.8. The van der Waals surface area contributed by atoms with Gasteiger partial charge in [-0.25, -0.2) is 4.98 Å². The number of para-hydroxylation sites is 1. The van der Waals surface area contributed by atoms with E-state index in [0.29, 0.717) is 12.2 Å². The van der Waals surface area contributed by atoms with Gasteiger partial charge in [0, 0.05) is 40.9 Å². The van der Waals surface area contributed by atoms with Crippen LogP contribution in [0.2, 0.25) is 0 Å². The Balaban J connectivity index is 1.51. The lowest BCUT2D eigenvalue weighted by atomic mass is 9.92. The van der Waals surface area contributed by atoms with Gasteiger partial charge in [-0.15, -0.1) is 0 Å². The zero-order chi connectivity index (χ0) is 20.1. The second-order valence-electron chi connectivity index (χ2n) is 7.87. The molecule has 2 aromatic carbocycles. The van der Waals surface area contributed by atoms with Crippen molar-refractivity contribution < 1.29 is 5.11 Å². The van der Waals surface area contributed by atoms with Crippen molar-refractivity contribution in [3.8, 4) is 11.3 Å². The normalized spacial score (nSPS) is 19.5. The quantitative estimate of drug-likeness (QED) is 0.580. The summed E-state index contributed by atoms with van der Waals surface area (Å²) in [6, 6.07) is 18.8. The average molecular weight is 391 g/mol. The number of rotatable bonds is 2. The number of fused-ring (bicyclic) bond motifs is 5. The molecule has 0 fully saturated rings. The van der Waals surface area contributed by atoms with Gasteiger partial charge < -0.3 is 15.3 Å². The van der Waals surface area contributed by atoms with E-state index in [4.69, 9.17) is 4.98 Å². The molecule has 3 aromatic rings. The number of hydrogen-bond acceptors (Lipinski definition) is 4. The molecule has 1 aliphatic carbocycles. The number of aromatic nitrogens is 1. The first-order valence-electron chi connectivity index (χ1n) is 10.3. The van der Waals surface area contributed by atoms with Gasteiger partial charge in [-0.1, -0.05) is 54.6 Å². The lowest BCUT2D eigenvalue weighted by Gasteiger charge is -2.30. The highest BCUT2D eigenvalue weighted by Crippen LogP contribution is 2.42. The van der Waals surface area contributed by atoms with Gasteiger partial charge in [0.1, 0.15) is 6.17 Å². The Kier molecular flexibility index (Phi) is 3.78. The summed E-state index contributed by atoms with van der Waals surface area (Å²) in [5.41, 5.74) is 7.90. The van der Waals surface area contributed by atoms with Crippen LogP contribution in [0.15, 0.2) is 96.2 Å². The summed E-state index contributed by atoms with van der Waals surface area (Å²) in [5, 5.41) is 14.6. The molecule has 1 unspecified atom stereocenters. The van der Waals surface area contributed by atoms with Crippen LogP contribution in [0.1, 0.15) is 30.1 Å². The third-order valence-electron chi connectivity index (χ3n) is 6.05. The molecular formula is C26H21N3O. The fourth-order valence-corrected chi connectivity index (χ4v) is 4.55. The lowest BCUT2D eigenvalue weighted by Crippen LogP contribution is -2.28. The molecule has 30 heavy (non-hydrogen) atoms. The summed E-state index contributed by atoms with van der Waals surface area (Å²) in [7, 11) is 0. The zero-order valence-electron chi connectivity index (χ0n) is 16.4. The number of nitrogens with one attached hydrogen (secondary N) is 1. The molecule has 3 aliphatic rings. The van der Waals surface area contributed by atoms with Gasteiger partial charge >= 0.3 is 0 Å². The third-order valence-corrected chi connectivity index (χ3v) is 6.05. The highest BCUT2D eigenvalue weighted by Gasteiger charge is 2.32. The second kappa shape index (κ2) is 6.63. The number of aliphatic hydroxyl groups excluding tert-OH is 1. The molecule has 6 rings (SSSR count). The molecule has 0 radical (unpaired) electrons.